The fraction of sp³-hybridized carbons (Fsp3) is 0.500. The second-order valence-electron chi connectivity index (χ2n) is 1.01. The highest BCUT2D eigenvalue weighted by molar-refractivity contribution is 4.43. The van der Waals surface area contributed by atoms with Gasteiger partial charge in [-0.1, -0.05) is 0 Å². The lowest BCUT2D eigenvalue weighted by Gasteiger charge is -1.71. The van der Waals surface area contributed by atoms with Crippen molar-refractivity contribution < 1.29 is 1.37 Å². The molecule has 38 valence electrons. The van der Waals surface area contributed by atoms with E-state index in [9.17, 15) is 4.79 Å². The third-order valence-electron chi connectivity index (χ3n) is 0.533. The van der Waals surface area contributed by atoms with Crippen LogP contribution in [-0.4, -0.2) is 20.2 Å². The molecule has 0 aliphatic carbocycles. The standard InChI is InChI=1S/C2H4N4O/c1-6-2(7)3-4-5-6/h1H3,(H,3,5,7)/i1D. The summed E-state index contributed by atoms with van der Waals surface area (Å²) in [5.74, 6) is 0. The lowest BCUT2D eigenvalue weighted by molar-refractivity contribution is 0.695. The van der Waals surface area contributed by atoms with E-state index in [1.54, 1.807) is 0 Å². The maximum absolute atomic E-state index is 10.3. The van der Waals surface area contributed by atoms with Crippen LogP contribution in [0.15, 0.2) is 4.79 Å². The Morgan fingerprint density at radius 2 is 3.00 bits per heavy atom. The van der Waals surface area contributed by atoms with Crippen LogP contribution < -0.4 is 5.69 Å². The van der Waals surface area contributed by atoms with Gasteiger partial charge in [-0.2, -0.15) is 4.68 Å². The van der Waals surface area contributed by atoms with E-state index in [2.05, 4.69) is 10.4 Å². The van der Waals surface area contributed by atoms with E-state index in [-0.39, 0.29) is 7.02 Å². The summed E-state index contributed by atoms with van der Waals surface area (Å²) in [6.07, 6.45) is 0. The summed E-state index contributed by atoms with van der Waals surface area (Å²) >= 11 is 0. The number of hydrogen-bond acceptors (Lipinski definition) is 3. The van der Waals surface area contributed by atoms with Crippen LogP contribution >= 0.6 is 0 Å². The molecule has 5 nitrogen and oxygen atoms in total. The molecule has 0 radical (unpaired) electrons. The van der Waals surface area contributed by atoms with Crippen LogP contribution in [0, 0.1) is 0 Å². The van der Waals surface area contributed by atoms with Gasteiger partial charge in [0.25, 0.3) is 0 Å². The maximum atomic E-state index is 10.3. The Hall–Kier alpha value is -1.13. The van der Waals surface area contributed by atoms with E-state index in [1.807, 2.05) is 5.10 Å². The SMILES string of the molecule is [2H]Cn1nn[nH]c1=O. The van der Waals surface area contributed by atoms with Gasteiger partial charge in [-0.05, 0) is 10.4 Å². The number of aromatic amines is 1. The molecule has 0 bridgehead atoms. The highest BCUT2D eigenvalue weighted by Crippen LogP contribution is 1.46. The number of aromatic nitrogens is 4. The van der Waals surface area contributed by atoms with Crippen molar-refractivity contribution in [2.75, 3.05) is 0 Å². The topological polar surface area (TPSA) is 63.6 Å². The number of nitrogens with zero attached hydrogens (tertiary/aromatic N) is 3. The van der Waals surface area contributed by atoms with Gasteiger partial charge in [0.2, 0.25) is 0 Å². The van der Waals surface area contributed by atoms with Gasteiger partial charge in [0.15, 0.2) is 0 Å². The van der Waals surface area contributed by atoms with E-state index < -0.39 is 5.69 Å². The third kappa shape index (κ3) is 0.510. The molecule has 1 rings (SSSR count). The van der Waals surface area contributed by atoms with Crippen molar-refractivity contribution in [3.8, 4) is 0 Å². The Morgan fingerprint density at radius 3 is 3.29 bits per heavy atom. The smallest absolute Gasteiger partial charge is 0.245 e. The molecule has 0 unspecified atom stereocenters. The van der Waals surface area contributed by atoms with Gasteiger partial charge >= 0.3 is 5.69 Å². The van der Waals surface area contributed by atoms with Crippen LogP contribution in [-0.2, 0) is 7.02 Å². The number of H-pyrrole nitrogens is 1. The lowest BCUT2D eigenvalue weighted by Crippen LogP contribution is -2.13. The number of aryl methyl sites for hydroxylation is 1. The fourth-order valence-corrected chi connectivity index (χ4v) is 0.217. The fourth-order valence-electron chi connectivity index (χ4n) is 0.217. The maximum Gasteiger partial charge on any atom is 0.360 e. The van der Waals surface area contributed by atoms with E-state index in [0.29, 0.717) is 0 Å². The number of rotatable bonds is 0. The number of nitrogens with one attached hydrogen (secondary N) is 1. The first-order chi connectivity index (χ1) is 3.84. The second-order valence-corrected chi connectivity index (χ2v) is 1.01. The van der Waals surface area contributed by atoms with E-state index in [4.69, 9.17) is 1.37 Å². The van der Waals surface area contributed by atoms with E-state index >= 15 is 0 Å². The Morgan fingerprint density at radius 1 is 2.14 bits per heavy atom. The molecule has 0 aromatic carbocycles. The van der Waals surface area contributed by atoms with Gasteiger partial charge in [0, 0.05) is 8.39 Å². The minimum absolute atomic E-state index is 0.185. The van der Waals surface area contributed by atoms with E-state index in [1.165, 1.54) is 0 Å². The summed E-state index contributed by atoms with van der Waals surface area (Å²) in [4.78, 5) is 10.3. The van der Waals surface area contributed by atoms with Crippen molar-refractivity contribution in [3.63, 3.8) is 0 Å². The number of hydrogen-bond donors (Lipinski definition) is 1. The molecule has 1 aromatic rings. The molecular formula is C2H4N4O. The van der Waals surface area contributed by atoms with Crippen molar-refractivity contribution >= 4 is 0 Å². The van der Waals surface area contributed by atoms with Crippen molar-refractivity contribution in [2.45, 2.75) is 0 Å². The molecule has 0 saturated carbocycles. The molecule has 1 aromatic heterocycles. The molecule has 0 aliphatic heterocycles. The molecule has 0 aliphatic rings. The minimum Gasteiger partial charge on any atom is -0.245 e. The molecule has 1 N–H and O–H groups in total. The Kier molecular flexibility index (Phi) is 0.496. The second kappa shape index (κ2) is 1.18. The molecule has 0 fully saturated rings. The zero-order valence-corrected chi connectivity index (χ0v) is 3.46. The first-order valence-electron chi connectivity index (χ1n) is 2.32. The Balaban J connectivity index is 3.11. The summed E-state index contributed by atoms with van der Waals surface area (Å²) in [5, 5.41) is 8.44. The molecule has 0 amide bonds. The van der Waals surface area contributed by atoms with Crippen LogP contribution in [0.5, 0.6) is 0 Å². The van der Waals surface area contributed by atoms with Crippen LogP contribution in [0.4, 0.5) is 0 Å². The first kappa shape index (κ1) is 2.95. The van der Waals surface area contributed by atoms with Crippen molar-refractivity contribution in [3.05, 3.63) is 10.5 Å². The summed E-state index contributed by atoms with van der Waals surface area (Å²) in [7, 11) is -0.185. The van der Waals surface area contributed by atoms with Crippen LogP contribution in [0.1, 0.15) is 1.37 Å². The zero-order chi connectivity index (χ0) is 5.98. The first-order valence-corrected chi connectivity index (χ1v) is 1.62. The number of tetrazole rings is 1. The van der Waals surface area contributed by atoms with Crippen LogP contribution in [0.25, 0.3) is 0 Å². The summed E-state index contributed by atoms with van der Waals surface area (Å²) < 4.78 is 7.54. The largest absolute Gasteiger partial charge is 0.360 e. The molecule has 7 heavy (non-hydrogen) atoms. The predicted octanol–water partition coefficient (Wildman–Crippen LogP) is -1.50. The van der Waals surface area contributed by atoms with Crippen molar-refractivity contribution in [1.82, 2.24) is 20.2 Å². The normalized spacial score (nSPS) is 11.1. The highest BCUT2D eigenvalue weighted by atomic mass is 16.2. The Bertz CT molecular complexity index is 214. The molecule has 1 heterocycles. The van der Waals surface area contributed by atoms with Gasteiger partial charge in [-0.15, -0.1) is 0 Å². The van der Waals surface area contributed by atoms with Gasteiger partial charge in [0.05, 0.1) is 0 Å². The van der Waals surface area contributed by atoms with Gasteiger partial charge in [0.1, 0.15) is 0 Å². The van der Waals surface area contributed by atoms with Crippen molar-refractivity contribution in [1.29, 1.82) is 0 Å². The predicted molar refractivity (Wildman–Crippen MR) is 21.6 cm³/mol. The summed E-state index contributed by atoms with van der Waals surface area (Å²) in [6, 6.07) is 0. The zero-order valence-electron chi connectivity index (χ0n) is 4.46. The van der Waals surface area contributed by atoms with Gasteiger partial charge in [-0.3, -0.25) is 0 Å². The third-order valence-corrected chi connectivity index (χ3v) is 0.533. The average Bonchev–Trinajstić information content (AvgIpc) is 2.14. The van der Waals surface area contributed by atoms with Gasteiger partial charge in [-0.25, -0.2) is 9.89 Å². The summed E-state index contributed by atoms with van der Waals surface area (Å²) in [6.45, 7) is 0. The molecule has 0 spiro atoms. The van der Waals surface area contributed by atoms with Gasteiger partial charge < -0.3 is 0 Å². The van der Waals surface area contributed by atoms with Crippen LogP contribution in [0.3, 0.4) is 0 Å². The molecule has 5 heteroatoms. The quantitative estimate of drug-likeness (QED) is 0.432. The van der Waals surface area contributed by atoms with Crippen LogP contribution in [0.2, 0.25) is 0 Å². The lowest BCUT2D eigenvalue weighted by atomic mass is 11.2. The minimum atomic E-state index is -0.444. The average molecular weight is 101 g/mol. The molecule has 0 atom stereocenters. The molecule has 0 saturated heterocycles. The molecular weight excluding hydrogens is 96.0 g/mol. The van der Waals surface area contributed by atoms with E-state index in [0.717, 1.165) is 4.68 Å². The monoisotopic (exact) mass is 101 g/mol. The Labute approximate surface area is 40.3 Å². The summed E-state index contributed by atoms with van der Waals surface area (Å²) in [5.41, 5.74) is -0.444. The van der Waals surface area contributed by atoms with Crippen molar-refractivity contribution in [2.24, 2.45) is 7.02 Å². The highest BCUT2D eigenvalue weighted by Gasteiger charge is 1.84.